The molecule has 1 aliphatic heterocycles. The normalized spacial score (nSPS) is 23.0. The highest BCUT2D eigenvalue weighted by molar-refractivity contribution is 7.93. The summed E-state index contributed by atoms with van der Waals surface area (Å²) in [4.78, 5) is 0. The van der Waals surface area contributed by atoms with Gasteiger partial charge in [0.25, 0.3) is 0 Å². The third kappa shape index (κ3) is 2.24. The van der Waals surface area contributed by atoms with Gasteiger partial charge < -0.3 is 5.32 Å². The Hall–Kier alpha value is -1.07. The van der Waals surface area contributed by atoms with Gasteiger partial charge in [-0.15, -0.1) is 0 Å². The number of benzene rings is 1. The average Bonchev–Trinajstić information content (AvgIpc) is 2.99. The number of fused-ring (bicyclic) bond motifs is 1. The molecule has 1 saturated heterocycles. The summed E-state index contributed by atoms with van der Waals surface area (Å²) in [6, 6.07) is 5.92. The maximum atomic E-state index is 12.2. The van der Waals surface area contributed by atoms with Crippen LogP contribution in [0.4, 0.5) is 5.69 Å². The zero-order valence-electron chi connectivity index (χ0n) is 10.3. The van der Waals surface area contributed by atoms with Crippen LogP contribution in [-0.4, -0.2) is 26.8 Å². The summed E-state index contributed by atoms with van der Waals surface area (Å²) in [6.07, 6.45) is 4.06. The predicted octanol–water partition coefficient (Wildman–Crippen LogP) is 1.28. The number of hydrogen-bond acceptors (Lipinski definition) is 3. The molecule has 98 valence electrons. The highest BCUT2D eigenvalue weighted by atomic mass is 32.2. The molecule has 1 unspecified atom stereocenters. The van der Waals surface area contributed by atoms with E-state index in [1.807, 2.05) is 18.2 Å². The van der Waals surface area contributed by atoms with Crippen LogP contribution in [0.15, 0.2) is 18.2 Å². The van der Waals surface area contributed by atoms with Gasteiger partial charge in [-0.2, -0.15) is 0 Å². The SMILES string of the molecule is O=S(=O)(Nc1ccc2c(c1)CCC2)C1CCNC1. The molecule has 0 aromatic heterocycles. The van der Waals surface area contributed by atoms with E-state index >= 15 is 0 Å². The van der Waals surface area contributed by atoms with Gasteiger partial charge in [-0.1, -0.05) is 6.07 Å². The molecule has 5 heteroatoms. The summed E-state index contributed by atoms with van der Waals surface area (Å²) < 4.78 is 27.0. The van der Waals surface area contributed by atoms with Crippen molar-refractivity contribution in [2.45, 2.75) is 30.9 Å². The molecule has 18 heavy (non-hydrogen) atoms. The first-order chi connectivity index (χ1) is 8.65. The van der Waals surface area contributed by atoms with E-state index in [9.17, 15) is 8.42 Å². The zero-order chi connectivity index (χ0) is 12.6. The second kappa shape index (κ2) is 4.55. The van der Waals surface area contributed by atoms with Crippen molar-refractivity contribution in [2.24, 2.45) is 0 Å². The minimum absolute atomic E-state index is 0.300. The van der Waals surface area contributed by atoms with Gasteiger partial charge in [0.1, 0.15) is 0 Å². The zero-order valence-corrected chi connectivity index (χ0v) is 11.1. The van der Waals surface area contributed by atoms with Gasteiger partial charge in [0.05, 0.1) is 5.25 Å². The molecule has 1 aliphatic carbocycles. The van der Waals surface area contributed by atoms with Crippen molar-refractivity contribution in [3.05, 3.63) is 29.3 Å². The van der Waals surface area contributed by atoms with Crippen molar-refractivity contribution in [1.82, 2.24) is 5.32 Å². The molecule has 2 N–H and O–H groups in total. The first-order valence-corrected chi connectivity index (χ1v) is 8.04. The molecular weight excluding hydrogens is 248 g/mol. The van der Waals surface area contributed by atoms with E-state index in [1.54, 1.807) is 0 Å². The number of rotatable bonds is 3. The Kier molecular flexibility index (Phi) is 3.03. The van der Waals surface area contributed by atoms with Gasteiger partial charge in [-0.25, -0.2) is 8.42 Å². The van der Waals surface area contributed by atoms with E-state index in [0.717, 1.165) is 19.4 Å². The monoisotopic (exact) mass is 266 g/mol. The second-order valence-electron chi connectivity index (χ2n) is 5.10. The quantitative estimate of drug-likeness (QED) is 0.866. The molecule has 2 aliphatic rings. The van der Waals surface area contributed by atoms with Crippen LogP contribution >= 0.6 is 0 Å². The van der Waals surface area contributed by atoms with Crippen molar-refractivity contribution >= 4 is 15.7 Å². The highest BCUT2D eigenvalue weighted by Gasteiger charge is 2.28. The van der Waals surface area contributed by atoms with Gasteiger partial charge in [0.2, 0.25) is 10.0 Å². The van der Waals surface area contributed by atoms with Crippen LogP contribution in [0, 0.1) is 0 Å². The van der Waals surface area contributed by atoms with Gasteiger partial charge in [0, 0.05) is 12.2 Å². The van der Waals surface area contributed by atoms with E-state index in [4.69, 9.17) is 0 Å². The molecule has 1 aromatic rings. The summed E-state index contributed by atoms with van der Waals surface area (Å²) in [7, 11) is -3.24. The largest absolute Gasteiger partial charge is 0.315 e. The lowest BCUT2D eigenvalue weighted by Gasteiger charge is -2.13. The molecular formula is C13H18N2O2S. The van der Waals surface area contributed by atoms with E-state index < -0.39 is 10.0 Å². The lowest BCUT2D eigenvalue weighted by Crippen LogP contribution is -2.29. The first-order valence-electron chi connectivity index (χ1n) is 6.49. The number of sulfonamides is 1. The lowest BCUT2D eigenvalue weighted by molar-refractivity contribution is 0.588. The second-order valence-corrected chi connectivity index (χ2v) is 7.06. The summed E-state index contributed by atoms with van der Waals surface area (Å²) in [6.45, 7) is 1.34. The van der Waals surface area contributed by atoms with Gasteiger partial charge in [0.15, 0.2) is 0 Å². The standard InChI is InChI=1S/C13H18N2O2S/c16-18(17,13-6-7-14-9-13)15-12-5-4-10-2-1-3-11(10)8-12/h4-5,8,13-15H,1-3,6-7,9H2. The maximum absolute atomic E-state index is 12.2. The minimum atomic E-state index is -3.24. The van der Waals surface area contributed by atoms with Crippen LogP contribution in [0.5, 0.6) is 0 Å². The fourth-order valence-electron chi connectivity index (χ4n) is 2.78. The molecule has 1 atom stereocenters. The predicted molar refractivity (Wildman–Crippen MR) is 72.3 cm³/mol. The van der Waals surface area contributed by atoms with Crippen LogP contribution < -0.4 is 10.0 Å². The van der Waals surface area contributed by atoms with Crippen LogP contribution in [0.3, 0.4) is 0 Å². The fraction of sp³-hybridized carbons (Fsp3) is 0.538. The number of anilines is 1. The number of hydrogen-bond donors (Lipinski definition) is 2. The molecule has 4 nitrogen and oxygen atoms in total. The smallest absolute Gasteiger partial charge is 0.236 e. The van der Waals surface area contributed by atoms with Gasteiger partial charge >= 0.3 is 0 Å². The Balaban J connectivity index is 1.80. The van der Waals surface area contributed by atoms with Crippen LogP contribution in [0.1, 0.15) is 24.0 Å². The fourth-order valence-corrected chi connectivity index (χ4v) is 4.16. The van der Waals surface area contributed by atoms with Crippen molar-refractivity contribution < 1.29 is 8.42 Å². The Morgan fingerprint density at radius 3 is 2.83 bits per heavy atom. The Bertz CT molecular complexity index is 548. The Labute approximate surface area is 108 Å². The van der Waals surface area contributed by atoms with E-state index in [2.05, 4.69) is 10.0 Å². The summed E-state index contributed by atoms with van der Waals surface area (Å²) in [5, 5.41) is 2.79. The lowest BCUT2D eigenvalue weighted by atomic mass is 10.1. The molecule has 0 radical (unpaired) electrons. The van der Waals surface area contributed by atoms with Crippen molar-refractivity contribution in [3.8, 4) is 0 Å². The van der Waals surface area contributed by atoms with E-state index in [1.165, 1.54) is 17.5 Å². The Morgan fingerprint density at radius 2 is 2.06 bits per heavy atom. The summed E-state index contributed by atoms with van der Waals surface area (Å²) in [5.41, 5.74) is 3.36. The third-order valence-corrected chi connectivity index (χ3v) is 5.61. The van der Waals surface area contributed by atoms with Crippen LogP contribution in [0.2, 0.25) is 0 Å². The maximum Gasteiger partial charge on any atom is 0.236 e. The molecule has 0 saturated carbocycles. The molecule has 1 aromatic carbocycles. The van der Waals surface area contributed by atoms with Crippen molar-refractivity contribution in [2.75, 3.05) is 17.8 Å². The Morgan fingerprint density at radius 1 is 1.22 bits per heavy atom. The van der Waals surface area contributed by atoms with E-state index in [0.29, 0.717) is 18.7 Å². The highest BCUT2D eigenvalue weighted by Crippen LogP contribution is 2.26. The molecule has 0 amide bonds. The van der Waals surface area contributed by atoms with Crippen molar-refractivity contribution in [3.63, 3.8) is 0 Å². The molecule has 0 spiro atoms. The van der Waals surface area contributed by atoms with Crippen LogP contribution in [-0.2, 0) is 22.9 Å². The molecule has 1 heterocycles. The summed E-state index contributed by atoms with van der Waals surface area (Å²) >= 11 is 0. The number of nitrogens with one attached hydrogen (secondary N) is 2. The van der Waals surface area contributed by atoms with Gasteiger partial charge in [-0.3, -0.25) is 4.72 Å². The van der Waals surface area contributed by atoms with Crippen molar-refractivity contribution in [1.29, 1.82) is 0 Å². The summed E-state index contributed by atoms with van der Waals surface area (Å²) in [5.74, 6) is 0. The molecule has 3 rings (SSSR count). The van der Waals surface area contributed by atoms with Gasteiger partial charge in [-0.05, 0) is 55.5 Å². The topological polar surface area (TPSA) is 58.2 Å². The minimum Gasteiger partial charge on any atom is -0.315 e. The third-order valence-electron chi connectivity index (χ3n) is 3.81. The molecule has 1 fully saturated rings. The van der Waals surface area contributed by atoms with E-state index in [-0.39, 0.29) is 5.25 Å². The first kappa shape index (κ1) is 12.0. The number of aryl methyl sites for hydroxylation is 2. The van der Waals surface area contributed by atoms with Crippen LogP contribution in [0.25, 0.3) is 0 Å². The average molecular weight is 266 g/mol. The molecule has 0 bridgehead atoms.